The van der Waals surface area contributed by atoms with Gasteiger partial charge in [0.1, 0.15) is 0 Å². The lowest BCUT2D eigenvalue weighted by molar-refractivity contribution is -0.213. The molecule has 1 unspecified atom stereocenters. The average molecular weight is 185 g/mol. The van der Waals surface area contributed by atoms with Gasteiger partial charge in [-0.25, -0.2) is 9.59 Å². The van der Waals surface area contributed by atoms with Crippen LogP contribution in [0.1, 0.15) is 13.8 Å². The molecule has 0 rings (SSSR count). The van der Waals surface area contributed by atoms with E-state index >= 15 is 0 Å². The number of ether oxygens (including phenoxy) is 2. The predicted octanol–water partition coefficient (Wildman–Crippen LogP) is 0.762. The normalized spacial score (nSPS) is 13.7. The molecule has 72 valence electrons. The van der Waals surface area contributed by atoms with Crippen molar-refractivity contribution in [2.75, 3.05) is 6.61 Å². The Bertz CT molecular complexity index is 245. The predicted molar refractivity (Wildman–Crippen MR) is 44.4 cm³/mol. The van der Waals surface area contributed by atoms with Gasteiger partial charge < -0.3 is 9.47 Å². The van der Waals surface area contributed by atoms with E-state index in [1.54, 1.807) is 6.92 Å². The molecule has 0 heterocycles. The molecule has 0 fully saturated rings. The monoisotopic (exact) mass is 185 g/mol. The molecular formula is C8H11NO4. The third-order valence-electron chi connectivity index (χ3n) is 1.12. The maximum Gasteiger partial charge on any atom is 0.334 e. The van der Waals surface area contributed by atoms with E-state index in [4.69, 9.17) is 4.74 Å². The van der Waals surface area contributed by atoms with Crippen LogP contribution in [0.2, 0.25) is 0 Å². The van der Waals surface area contributed by atoms with Crippen molar-refractivity contribution < 1.29 is 19.1 Å². The van der Waals surface area contributed by atoms with Gasteiger partial charge in [0.05, 0.1) is 6.61 Å². The Labute approximate surface area is 76.0 Å². The van der Waals surface area contributed by atoms with E-state index in [0.717, 1.165) is 6.08 Å². The highest BCUT2D eigenvalue weighted by Crippen LogP contribution is 2.13. The quantitative estimate of drug-likeness (QED) is 0.208. The molecular weight excluding hydrogens is 174 g/mol. The van der Waals surface area contributed by atoms with E-state index in [1.807, 2.05) is 0 Å². The zero-order valence-electron chi connectivity index (χ0n) is 7.57. The Balaban J connectivity index is 4.48. The van der Waals surface area contributed by atoms with Crippen molar-refractivity contribution in [1.29, 1.82) is 0 Å². The van der Waals surface area contributed by atoms with Crippen LogP contribution in [0.3, 0.4) is 0 Å². The molecule has 0 amide bonds. The standard InChI is InChI=1S/C8H11NO4/c1-4-7(11)13-8(3,9-6-10)12-5-2/h4H,1,5H2,2-3H3. The largest absolute Gasteiger partial charge is 0.408 e. The number of esters is 1. The molecule has 0 aliphatic carbocycles. The van der Waals surface area contributed by atoms with Crippen molar-refractivity contribution in [2.24, 2.45) is 4.99 Å². The van der Waals surface area contributed by atoms with E-state index in [9.17, 15) is 9.59 Å². The highest BCUT2D eigenvalue weighted by molar-refractivity contribution is 5.81. The first-order valence-corrected chi connectivity index (χ1v) is 3.66. The maximum atomic E-state index is 10.8. The summed E-state index contributed by atoms with van der Waals surface area (Å²) in [4.78, 5) is 24.0. The first-order chi connectivity index (χ1) is 6.08. The first-order valence-electron chi connectivity index (χ1n) is 3.66. The molecule has 5 heteroatoms. The van der Waals surface area contributed by atoms with E-state index in [2.05, 4.69) is 16.3 Å². The minimum Gasteiger partial charge on any atom is -0.408 e. The second kappa shape index (κ2) is 5.24. The summed E-state index contributed by atoms with van der Waals surface area (Å²) in [5, 5.41) is 0. The first kappa shape index (κ1) is 11.6. The Morgan fingerprint density at radius 3 is 2.77 bits per heavy atom. The van der Waals surface area contributed by atoms with Gasteiger partial charge in [-0.15, -0.1) is 4.99 Å². The van der Waals surface area contributed by atoms with Crippen LogP contribution in [-0.4, -0.2) is 24.6 Å². The van der Waals surface area contributed by atoms with Gasteiger partial charge in [-0.3, -0.25) is 0 Å². The fourth-order valence-electron chi connectivity index (χ4n) is 0.664. The van der Waals surface area contributed by atoms with Gasteiger partial charge in [-0.1, -0.05) is 6.58 Å². The van der Waals surface area contributed by atoms with Crippen LogP contribution in [0, 0.1) is 0 Å². The van der Waals surface area contributed by atoms with Gasteiger partial charge in [-0.2, -0.15) is 0 Å². The molecule has 5 nitrogen and oxygen atoms in total. The lowest BCUT2D eigenvalue weighted by Gasteiger charge is -2.21. The lowest BCUT2D eigenvalue weighted by atomic mass is 10.5. The van der Waals surface area contributed by atoms with Crippen LogP contribution in [0.15, 0.2) is 17.6 Å². The summed E-state index contributed by atoms with van der Waals surface area (Å²) in [6.45, 7) is 6.47. The number of rotatable bonds is 5. The zero-order valence-corrected chi connectivity index (χ0v) is 7.57. The van der Waals surface area contributed by atoms with Crippen LogP contribution >= 0.6 is 0 Å². The third kappa shape index (κ3) is 4.20. The Morgan fingerprint density at radius 1 is 1.77 bits per heavy atom. The fourth-order valence-corrected chi connectivity index (χ4v) is 0.664. The Morgan fingerprint density at radius 2 is 2.38 bits per heavy atom. The molecule has 0 saturated heterocycles. The van der Waals surface area contributed by atoms with Gasteiger partial charge in [0.25, 0.3) is 0 Å². The van der Waals surface area contributed by atoms with Gasteiger partial charge >= 0.3 is 11.9 Å². The topological polar surface area (TPSA) is 65.0 Å². The molecule has 0 spiro atoms. The highest BCUT2D eigenvalue weighted by Gasteiger charge is 2.27. The van der Waals surface area contributed by atoms with Crippen molar-refractivity contribution in [3.63, 3.8) is 0 Å². The molecule has 1 atom stereocenters. The van der Waals surface area contributed by atoms with Crippen molar-refractivity contribution in [3.8, 4) is 0 Å². The Hall–Kier alpha value is -1.45. The number of isocyanates is 1. The summed E-state index contributed by atoms with van der Waals surface area (Å²) >= 11 is 0. The molecule has 0 aliphatic heterocycles. The van der Waals surface area contributed by atoms with Crippen LogP contribution in [0.25, 0.3) is 0 Å². The Kier molecular flexibility index (Phi) is 4.66. The van der Waals surface area contributed by atoms with Gasteiger partial charge in [-0.05, 0) is 6.92 Å². The van der Waals surface area contributed by atoms with Crippen LogP contribution in [0.5, 0.6) is 0 Å². The zero-order chi connectivity index (χ0) is 10.3. The summed E-state index contributed by atoms with van der Waals surface area (Å²) in [6.07, 6.45) is 2.22. The van der Waals surface area contributed by atoms with Crippen molar-refractivity contribution in [3.05, 3.63) is 12.7 Å². The smallest absolute Gasteiger partial charge is 0.334 e. The molecule has 0 aromatic carbocycles. The number of carbonyl (C=O) groups excluding carboxylic acids is 2. The summed E-state index contributed by atoms with van der Waals surface area (Å²) in [5.74, 6) is -2.31. The summed E-state index contributed by atoms with van der Waals surface area (Å²) in [6, 6.07) is 0. The number of hydrogen-bond acceptors (Lipinski definition) is 5. The molecule has 13 heavy (non-hydrogen) atoms. The highest BCUT2D eigenvalue weighted by atomic mass is 16.7. The molecule has 0 aliphatic rings. The average Bonchev–Trinajstić information content (AvgIpc) is 2.04. The second-order valence-corrected chi connectivity index (χ2v) is 2.16. The molecule has 0 N–H and O–H groups in total. The minimum atomic E-state index is -1.60. The van der Waals surface area contributed by atoms with E-state index in [0.29, 0.717) is 0 Å². The summed E-state index contributed by atoms with van der Waals surface area (Å²) < 4.78 is 9.58. The molecule has 0 aromatic heterocycles. The van der Waals surface area contributed by atoms with Crippen LogP contribution in [-0.2, 0) is 19.1 Å². The SMILES string of the molecule is C=CC(=O)OC(C)(N=C=O)OCC. The van der Waals surface area contributed by atoms with Crippen molar-refractivity contribution >= 4 is 12.0 Å². The molecule has 0 radical (unpaired) electrons. The van der Waals surface area contributed by atoms with E-state index in [-0.39, 0.29) is 6.61 Å². The van der Waals surface area contributed by atoms with Gasteiger partial charge in [0.2, 0.25) is 6.08 Å². The fraction of sp³-hybridized carbons (Fsp3) is 0.500. The minimum absolute atomic E-state index is 0.256. The van der Waals surface area contributed by atoms with Crippen LogP contribution < -0.4 is 0 Å². The maximum absolute atomic E-state index is 10.8. The van der Waals surface area contributed by atoms with E-state index in [1.165, 1.54) is 13.0 Å². The lowest BCUT2D eigenvalue weighted by Crippen LogP contribution is -2.32. The molecule has 0 bridgehead atoms. The van der Waals surface area contributed by atoms with E-state index < -0.39 is 11.9 Å². The number of carbonyl (C=O) groups is 1. The molecule has 0 aromatic rings. The van der Waals surface area contributed by atoms with Gasteiger partial charge in [0.15, 0.2) is 0 Å². The molecule has 0 saturated carbocycles. The van der Waals surface area contributed by atoms with Gasteiger partial charge in [0, 0.05) is 13.0 Å². The third-order valence-corrected chi connectivity index (χ3v) is 1.12. The number of nitrogens with zero attached hydrogens (tertiary/aromatic N) is 1. The number of aliphatic imine (C=N–C) groups is 1. The second-order valence-electron chi connectivity index (χ2n) is 2.16. The number of hydrogen-bond donors (Lipinski definition) is 0. The summed E-state index contributed by atoms with van der Waals surface area (Å²) in [7, 11) is 0. The van der Waals surface area contributed by atoms with Crippen molar-refractivity contribution in [1.82, 2.24) is 0 Å². The van der Waals surface area contributed by atoms with Crippen molar-refractivity contribution in [2.45, 2.75) is 19.8 Å². The summed E-state index contributed by atoms with van der Waals surface area (Å²) in [5.41, 5.74) is 0. The van der Waals surface area contributed by atoms with Crippen LogP contribution in [0.4, 0.5) is 0 Å².